The van der Waals surface area contributed by atoms with E-state index < -0.39 is 18.0 Å². The fraction of sp³-hybridized carbons (Fsp3) is 0.857. The van der Waals surface area contributed by atoms with Gasteiger partial charge < -0.3 is 15.7 Å². The van der Waals surface area contributed by atoms with Crippen LogP contribution >= 0.6 is 0 Å². The monoisotopic (exact) mass is 287 g/mol. The molecule has 0 heterocycles. The van der Waals surface area contributed by atoms with Crippen molar-refractivity contribution in [3.8, 4) is 0 Å². The Balaban J connectivity index is 4.12. The van der Waals surface area contributed by atoms with Gasteiger partial charge >= 0.3 is 12.0 Å². The normalized spacial score (nSPS) is 12.8. The molecule has 2 amide bonds. The number of rotatable bonds is 9. The van der Waals surface area contributed by atoms with Gasteiger partial charge in [0.1, 0.15) is 6.04 Å². The van der Waals surface area contributed by atoms with E-state index >= 15 is 0 Å². The van der Waals surface area contributed by atoms with Crippen molar-refractivity contribution in [3.63, 3.8) is 0 Å². The van der Waals surface area contributed by atoms with Crippen LogP contribution in [0.5, 0.6) is 0 Å². The predicted molar refractivity (Wildman–Crippen MR) is 79.8 cm³/mol. The third-order valence-corrected chi connectivity index (χ3v) is 3.16. The summed E-state index contributed by atoms with van der Waals surface area (Å²) in [6, 6.07) is -0.414. The molecule has 0 aromatic heterocycles. The second-order valence-corrected chi connectivity index (χ2v) is 5.51. The molecule has 0 aliphatic carbocycles. The Bertz CT molecular complexity index is 298. The van der Waals surface area contributed by atoms with E-state index in [0.717, 1.165) is 6.54 Å². The van der Waals surface area contributed by atoms with E-state index in [4.69, 9.17) is 5.11 Å². The van der Waals surface area contributed by atoms with Crippen molar-refractivity contribution >= 4 is 12.0 Å². The van der Waals surface area contributed by atoms with Crippen molar-refractivity contribution in [1.82, 2.24) is 15.5 Å². The van der Waals surface area contributed by atoms with Crippen molar-refractivity contribution in [1.29, 1.82) is 0 Å². The number of carbonyl (C=O) groups is 2. The lowest BCUT2D eigenvalue weighted by Gasteiger charge is -2.30. The topological polar surface area (TPSA) is 81.7 Å². The summed E-state index contributed by atoms with van der Waals surface area (Å²) in [6.45, 7) is 11.6. The van der Waals surface area contributed by atoms with Gasteiger partial charge in [0.15, 0.2) is 0 Å². The number of hydrogen-bond acceptors (Lipinski definition) is 3. The molecule has 3 N–H and O–H groups in total. The maximum atomic E-state index is 11.6. The lowest BCUT2D eigenvalue weighted by Crippen LogP contribution is -2.48. The second-order valence-electron chi connectivity index (χ2n) is 5.51. The zero-order chi connectivity index (χ0) is 15.7. The minimum atomic E-state index is -0.993. The summed E-state index contributed by atoms with van der Waals surface area (Å²) in [6.07, 6.45) is 1.15. The van der Waals surface area contributed by atoms with Crippen LogP contribution in [0, 0.1) is 0 Å². The van der Waals surface area contributed by atoms with E-state index in [1.165, 1.54) is 0 Å². The first-order valence-electron chi connectivity index (χ1n) is 7.32. The summed E-state index contributed by atoms with van der Waals surface area (Å²) < 4.78 is 0. The molecule has 0 fully saturated rings. The average Bonchev–Trinajstić information content (AvgIpc) is 2.32. The average molecular weight is 287 g/mol. The molecule has 6 heteroatoms. The number of nitrogens with zero attached hydrogens (tertiary/aromatic N) is 1. The Kier molecular flexibility index (Phi) is 8.96. The van der Waals surface area contributed by atoms with E-state index in [9.17, 15) is 9.59 Å². The van der Waals surface area contributed by atoms with Gasteiger partial charge in [0.05, 0.1) is 0 Å². The van der Waals surface area contributed by atoms with Gasteiger partial charge in [-0.1, -0.05) is 13.3 Å². The van der Waals surface area contributed by atoms with E-state index in [-0.39, 0.29) is 0 Å². The number of amides is 2. The quantitative estimate of drug-likeness (QED) is 0.602. The highest BCUT2D eigenvalue weighted by Crippen LogP contribution is 2.03. The van der Waals surface area contributed by atoms with Crippen molar-refractivity contribution in [2.24, 2.45) is 0 Å². The molecule has 0 spiro atoms. The highest BCUT2D eigenvalue weighted by molar-refractivity contribution is 5.82. The first-order valence-corrected chi connectivity index (χ1v) is 7.32. The van der Waals surface area contributed by atoms with Gasteiger partial charge in [0.2, 0.25) is 0 Å². The smallest absolute Gasteiger partial charge is 0.326 e. The molecule has 0 saturated carbocycles. The molecular weight excluding hydrogens is 258 g/mol. The van der Waals surface area contributed by atoms with Gasteiger partial charge in [-0.2, -0.15) is 0 Å². The first kappa shape index (κ1) is 18.7. The van der Waals surface area contributed by atoms with Crippen molar-refractivity contribution in [2.45, 2.75) is 65.6 Å². The summed E-state index contributed by atoms with van der Waals surface area (Å²) >= 11 is 0. The largest absolute Gasteiger partial charge is 0.480 e. The van der Waals surface area contributed by atoms with Crippen LogP contribution in [0.2, 0.25) is 0 Å². The number of carbonyl (C=O) groups excluding carboxylic acids is 1. The van der Waals surface area contributed by atoms with Crippen LogP contribution in [0.15, 0.2) is 0 Å². The lowest BCUT2D eigenvalue weighted by molar-refractivity contribution is -0.139. The van der Waals surface area contributed by atoms with Gasteiger partial charge in [-0.3, -0.25) is 4.90 Å². The molecule has 0 rings (SSSR count). The summed E-state index contributed by atoms with van der Waals surface area (Å²) in [5.74, 6) is -0.993. The molecule has 0 aliphatic rings. The summed E-state index contributed by atoms with van der Waals surface area (Å²) in [4.78, 5) is 24.8. The summed E-state index contributed by atoms with van der Waals surface area (Å²) in [5, 5.41) is 14.2. The molecule has 0 radical (unpaired) electrons. The fourth-order valence-corrected chi connectivity index (χ4v) is 2.17. The Hall–Kier alpha value is -1.30. The number of nitrogens with one attached hydrogen (secondary N) is 2. The van der Waals surface area contributed by atoms with Crippen LogP contribution in [-0.4, -0.2) is 53.2 Å². The van der Waals surface area contributed by atoms with E-state index in [2.05, 4.69) is 43.2 Å². The molecule has 0 aliphatic heterocycles. The van der Waals surface area contributed by atoms with Crippen molar-refractivity contribution < 1.29 is 14.7 Å². The Morgan fingerprint density at radius 2 is 1.70 bits per heavy atom. The maximum Gasteiger partial charge on any atom is 0.326 e. The summed E-state index contributed by atoms with van der Waals surface area (Å²) in [7, 11) is 0. The zero-order valence-electron chi connectivity index (χ0n) is 13.3. The van der Waals surface area contributed by atoms with Crippen molar-refractivity contribution in [2.75, 3.05) is 13.1 Å². The van der Waals surface area contributed by atoms with Crippen LogP contribution in [-0.2, 0) is 4.79 Å². The summed E-state index contributed by atoms with van der Waals surface area (Å²) in [5.41, 5.74) is 0. The molecule has 0 aromatic carbocycles. The lowest BCUT2D eigenvalue weighted by atomic mass is 10.2. The molecule has 20 heavy (non-hydrogen) atoms. The Labute approximate surface area is 121 Å². The van der Waals surface area contributed by atoms with Crippen LogP contribution < -0.4 is 10.6 Å². The second kappa shape index (κ2) is 9.58. The molecule has 6 nitrogen and oxygen atoms in total. The number of carboxylic acid groups (broad SMARTS) is 1. The van der Waals surface area contributed by atoms with Crippen molar-refractivity contribution in [3.05, 3.63) is 0 Å². The molecule has 0 saturated heterocycles. The molecule has 0 aromatic rings. The van der Waals surface area contributed by atoms with Crippen LogP contribution in [0.1, 0.15) is 47.5 Å². The van der Waals surface area contributed by atoms with Gasteiger partial charge in [-0.25, -0.2) is 9.59 Å². The standard InChI is InChI=1S/C14H29N3O3/c1-6-7-12(13(18)19)16-14(20)15-8-9-17(10(2)3)11(4)5/h10-12H,6-9H2,1-5H3,(H,18,19)(H2,15,16,20). The molecule has 0 bridgehead atoms. The molecule has 118 valence electrons. The van der Waals surface area contributed by atoms with E-state index in [1.54, 1.807) is 0 Å². The highest BCUT2D eigenvalue weighted by atomic mass is 16.4. The van der Waals surface area contributed by atoms with Crippen LogP contribution in [0.4, 0.5) is 4.79 Å². The number of hydrogen-bond donors (Lipinski definition) is 3. The van der Waals surface area contributed by atoms with Crippen LogP contribution in [0.25, 0.3) is 0 Å². The molecular formula is C14H29N3O3. The minimum absolute atomic E-state index is 0.409. The number of urea groups is 1. The maximum absolute atomic E-state index is 11.6. The van der Waals surface area contributed by atoms with Gasteiger partial charge in [-0.05, 0) is 34.1 Å². The number of carboxylic acids is 1. The van der Waals surface area contributed by atoms with Gasteiger partial charge in [0.25, 0.3) is 0 Å². The third-order valence-electron chi connectivity index (χ3n) is 3.16. The Morgan fingerprint density at radius 1 is 1.15 bits per heavy atom. The van der Waals surface area contributed by atoms with E-state index in [1.807, 2.05) is 6.92 Å². The van der Waals surface area contributed by atoms with E-state index in [0.29, 0.717) is 31.5 Å². The SMILES string of the molecule is CCCC(NC(=O)NCCN(C(C)C)C(C)C)C(=O)O. The minimum Gasteiger partial charge on any atom is -0.480 e. The molecule has 1 unspecified atom stereocenters. The first-order chi connectivity index (χ1) is 9.29. The number of aliphatic carboxylic acids is 1. The molecule has 1 atom stereocenters. The van der Waals surface area contributed by atoms with Gasteiger partial charge in [-0.15, -0.1) is 0 Å². The highest BCUT2D eigenvalue weighted by Gasteiger charge is 2.19. The predicted octanol–water partition coefficient (Wildman–Crippen LogP) is 1.66. The zero-order valence-corrected chi connectivity index (χ0v) is 13.3. The van der Waals surface area contributed by atoms with Crippen LogP contribution in [0.3, 0.4) is 0 Å². The van der Waals surface area contributed by atoms with Gasteiger partial charge in [0, 0.05) is 25.2 Å². The third kappa shape index (κ3) is 7.33. The Morgan fingerprint density at radius 3 is 2.10 bits per heavy atom. The fourth-order valence-electron chi connectivity index (χ4n) is 2.17.